The van der Waals surface area contributed by atoms with Crippen LogP contribution in [0.3, 0.4) is 0 Å². The number of carbonyl (C=O) groups excluding carboxylic acids is 1. The highest BCUT2D eigenvalue weighted by Gasteiger charge is 2.48. The maximum absolute atomic E-state index is 11.3. The van der Waals surface area contributed by atoms with Gasteiger partial charge in [0.2, 0.25) is 15.9 Å². The Bertz CT molecular complexity index is 373. The van der Waals surface area contributed by atoms with Gasteiger partial charge >= 0.3 is 0 Å². The molecule has 86 valence electrons. The smallest absolute Gasteiger partial charge is 0.220 e. The molecule has 0 aromatic carbocycles. The van der Waals surface area contributed by atoms with Gasteiger partial charge in [-0.15, -0.1) is 0 Å². The maximum Gasteiger partial charge on any atom is 0.220 e. The lowest BCUT2D eigenvalue weighted by Crippen LogP contribution is -2.68. The highest BCUT2D eigenvalue weighted by molar-refractivity contribution is 7.88. The van der Waals surface area contributed by atoms with Gasteiger partial charge in [-0.1, -0.05) is 0 Å². The van der Waals surface area contributed by atoms with E-state index in [0.29, 0.717) is 12.8 Å². The van der Waals surface area contributed by atoms with Crippen LogP contribution in [0.5, 0.6) is 0 Å². The molecule has 5 nitrogen and oxygen atoms in total. The normalized spacial score (nSPS) is 29.7. The number of sulfonamides is 1. The zero-order valence-corrected chi connectivity index (χ0v) is 9.56. The van der Waals surface area contributed by atoms with Crippen molar-refractivity contribution in [2.24, 2.45) is 0 Å². The molecule has 15 heavy (non-hydrogen) atoms. The Labute approximate surface area is 89.7 Å². The molecule has 1 aliphatic carbocycles. The summed E-state index contributed by atoms with van der Waals surface area (Å²) < 4.78 is 25.0. The molecule has 1 saturated heterocycles. The topological polar surface area (TPSA) is 75.3 Å². The molecule has 6 heteroatoms. The number of nitrogens with one attached hydrogen (secondary N) is 2. The van der Waals surface area contributed by atoms with Crippen molar-refractivity contribution in [3.63, 3.8) is 0 Å². The predicted octanol–water partition coefficient (Wildman–Crippen LogP) is -0.263. The highest BCUT2D eigenvalue weighted by Crippen LogP contribution is 2.38. The lowest BCUT2D eigenvalue weighted by Gasteiger charge is -2.50. The summed E-state index contributed by atoms with van der Waals surface area (Å²) in [6.45, 7) is 0. The minimum absolute atomic E-state index is 0.0428. The Balaban J connectivity index is 2.13. The second kappa shape index (κ2) is 3.45. The van der Waals surface area contributed by atoms with Crippen LogP contribution in [0.15, 0.2) is 0 Å². The van der Waals surface area contributed by atoms with Gasteiger partial charge in [0, 0.05) is 12.5 Å². The highest BCUT2D eigenvalue weighted by atomic mass is 32.2. The van der Waals surface area contributed by atoms with Crippen LogP contribution in [0.25, 0.3) is 0 Å². The molecule has 1 saturated carbocycles. The Morgan fingerprint density at radius 3 is 2.60 bits per heavy atom. The SMILES string of the molecule is CS(=O)(=O)NC1CCC(=O)NC12CCC2. The zero-order valence-electron chi connectivity index (χ0n) is 8.75. The van der Waals surface area contributed by atoms with Crippen LogP contribution >= 0.6 is 0 Å². The summed E-state index contributed by atoms with van der Waals surface area (Å²) in [6, 6.07) is -0.126. The Morgan fingerprint density at radius 1 is 1.47 bits per heavy atom. The molecule has 1 amide bonds. The molecule has 2 N–H and O–H groups in total. The van der Waals surface area contributed by atoms with Crippen molar-refractivity contribution in [1.29, 1.82) is 0 Å². The van der Waals surface area contributed by atoms with Crippen LogP contribution in [0.2, 0.25) is 0 Å². The first-order valence-corrected chi connectivity index (χ1v) is 7.09. The number of piperidine rings is 1. The molecule has 1 heterocycles. The van der Waals surface area contributed by atoms with Crippen molar-refractivity contribution in [2.45, 2.75) is 43.7 Å². The molecule has 0 aromatic heterocycles. The summed E-state index contributed by atoms with van der Waals surface area (Å²) in [6.07, 6.45) is 5.00. The Hall–Kier alpha value is -0.620. The molecule has 1 aliphatic heterocycles. The van der Waals surface area contributed by atoms with Gasteiger partial charge in [-0.25, -0.2) is 13.1 Å². The minimum Gasteiger partial charge on any atom is -0.349 e. The van der Waals surface area contributed by atoms with Crippen molar-refractivity contribution in [1.82, 2.24) is 10.0 Å². The van der Waals surface area contributed by atoms with Crippen molar-refractivity contribution >= 4 is 15.9 Å². The van der Waals surface area contributed by atoms with Crippen LogP contribution in [0.1, 0.15) is 32.1 Å². The lowest BCUT2D eigenvalue weighted by atomic mass is 9.68. The average molecular weight is 232 g/mol. The van der Waals surface area contributed by atoms with Gasteiger partial charge in [0.25, 0.3) is 0 Å². The number of rotatable bonds is 2. The molecule has 1 atom stereocenters. The Kier molecular flexibility index (Phi) is 2.50. The molecular weight excluding hydrogens is 216 g/mol. The van der Waals surface area contributed by atoms with Crippen LogP contribution in [-0.2, 0) is 14.8 Å². The van der Waals surface area contributed by atoms with E-state index in [1.165, 1.54) is 0 Å². The van der Waals surface area contributed by atoms with E-state index >= 15 is 0 Å². The average Bonchev–Trinajstić information content (AvgIpc) is 2.03. The summed E-state index contributed by atoms with van der Waals surface area (Å²) >= 11 is 0. The fraction of sp³-hybridized carbons (Fsp3) is 0.889. The summed E-state index contributed by atoms with van der Waals surface area (Å²) in [5.74, 6) is 0.0428. The predicted molar refractivity (Wildman–Crippen MR) is 55.7 cm³/mol. The van der Waals surface area contributed by atoms with Crippen molar-refractivity contribution in [3.8, 4) is 0 Å². The first-order valence-electron chi connectivity index (χ1n) is 5.20. The van der Waals surface area contributed by atoms with E-state index < -0.39 is 10.0 Å². The molecule has 1 spiro atoms. The Morgan fingerprint density at radius 2 is 2.13 bits per heavy atom. The number of hydrogen-bond acceptors (Lipinski definition) is 3. The molecule has 2 aliphatic rings. The first kappa shape index (κ1) is 10.9. The molecular formula is C9H16N2O3S. The van der Waals surface area contributed by atoms with Gasteiger partial charge in [0.1, 0.15) is 0 Å². The van der Waals surface area contributed by atoms with Crippen LogP contribution in [0, 0.1) is 0 Å². The first-order chi connectivity index (χ1) is 6.91. The monoisotopic (exact) mass is 232 g/mol. The molecule has 0 bridgehead atoms. The summed E-state index contributed by atoms with van der Waals surface area (Å²) in [5.41, 5.74) is -0.293. The van der Waals surface area contributed by atoms with E-state index in [9.17, 15) is 13.2 Å². The largest absolute Gasteiger partial charge is 0.349 e. The van der Waals surface area contributed by atoms with Gasteiger partial charge in [0.15, 0.2) is 0 Å². The minimum atomic E-state index is -3.19. The van der Waals surface area contributed by atoms with E-state index in [2.05, 4.69) is 10.0 Å². The number of carbonyl (C=O) groups is 1. The molecule has 0 aromatic rings. The standard InChI is InChI=1S/C9H16N2O3S/c1-15(13,14)11-7-3-4-8(12)10-9(7)5-2-6-9/h7,11H,2-6H2,1H3,(H,10,12). The lowest BCUT2D eigenvalue weighted by molar-refractivity contribution is -0.127. The van der Waals surface area contributed by atoms with E-state index in [4.69, 9.17) is 0 Å². The van der Waals surface area contributed by atoms with E-state index in [-0.39, 0.29) is 17.5 Å². The maximum atomic E-state index is 11.3. The van der Waals surface area contributed by atoms with Crippen molar-refractivity contribution < 1.29 is 13.2 Å². The number of hydrogen-bond donors (Lipinski definition) is 2. The van der Waals surface area contributed by atoms with E-state index in [1.54, 1.807) is 0 Å². The molecule has 2 fully saturated rings. The van der Waals surface area contributed by atoms with Crippen LogP contribution in [0.4, 0.5) is 0 Å². The summed E-state index contributed by atoms with van der Waals surface area (Å²) in [7, 11) is -3.19. The fourth-order valence-electron chi connectivity index (χ4n) is 2.44. The van der Waals surface area contributed by atoms with Gasteiger partial charge in [-0.3, -0.25) is 4.79 Å². The van der Waals surface area contributed by atoms with E-state index in [0.717, 1.165) is 25.5 Å². The quantitative estimate of drug-likeness (QED) is 0.688. The van der Waals surface area contributed by atoms with Gasteiger partial charge in [-0.2, -0.15) is 0 Å². The van der Waals surface area contributed by atoms with E-state index in [1.807, 2.05) is 0 Å². The van der Waals surface area contributed by atoms with Crippen LogP contribution in [-0.4, -0.2) is 32.2 Å². The van der Waals surface area contributed by atoms with Crippen molar-refractivity contribution in [3.05, 3.63) is 0 Å². The van der Waals surface area contributed by atoms with Gasteiger partial charge in [0.05, 0.1) is 11.8 Å². The molecule has 2 rings (SSSR count). The van der Waals surface area contributed by atoms with Gasteiger partial charge < -0.3 is 5.32 Å². The molecule has 0 radical (unpaired) electrons. The van der Waals surface area contributed by atoms with Crippen LogP contribution < -0.4 is 10.0 Å². The second-order valence-corrected chi connectivity index (χ2v) is 6.32. The summed E-state index contributed by atoms with van der Waals surface area (Å²) in [5, 5.41) is 2.94. The third kappa shape index (κ3) is 2.15. The number of amides is 1. The zero-order chi connectivity index (χ0) is 11.1. The third-order valence-corrected chi connectivity index (χ3v) is 4.03. The van der Waals surface area contributed by atoms with Crippen molar-refractivity contribution in [2.75, 3.05) is 6.26 Å². The summed E-state index contributed by atoms with van der Waals surface area (Å²) in [4.78, 5) is 11.3. The molecule has 1 unspecified atom stereocenters. The van der Waals surface area contributed by atoms with Gasteiger partial charge in [-0.05, 0) is 25.7 Å². The second-order valence-electron chi connectivity index (χ2n) is 4.54. The third-order valence-electron chi connectivity index (χ3n) is 3.32. The fourth-order valence-corrected chi connectivity index (χ4v) is 3.30.